The van der Waals surface area contributed by atoms with Crippen LogP contribution >= 0.6 is 23.4 Å². The average Bonchev–Trinajstić information content (AvgIpc) is 3.17. The molecule has 0 fully saturated rings. The standard InChI is InChI=1S/C22H22ClFN4O2S/c1-4-12-28-21(15-8-10-16(30-3)11-9-15)25-26-22(28)31-14-20(29)27(2)13-17-18(23)6-5-7-19(17)24/h4-11H,1,12-14H2,2-3H3. The Kier molecular flexibility index (Phi) is 7.70. The number of ether oxygens (including phenoxy) is 1. The molecule has 0 aliphatic heterocycles. The van der Waals surface area contributed by atoms with Crippen molar-refractivity contribution in [3.8, 4) is 17.1 Å². The molecule has 31 heavy (non-hydrogen) atoms. The van der Waals surface area contributed by atoms with Gasteiger partial charge in [-0.1, -0.05) is 35.5 Å². The smallest absolute Gasteiger partial charge is 0.233 e. The van der Waals surface area contributed by atoms with Gasteiger partial charge in [0.15, 0.2) is 11.0 Å². The highest BCUT2D eigenvalue weighted by molar-refractivity contribution is 7.99. The third-order valence-corrected chi connectivity index (χ3v) is 5.89. The van der Waals surface area contributed by atoms with Gasteiger partial charge in [0.1, 0.15) is 11.6 Å². The number of carbonyl (C=O) groups excluding carboxylic acids is 1. The Hall–Kier alpha value is -2.84. The zero-order valence-corrected chi connectivity index (χ0v) is 18.8. The molecule has 9 heteroatoms. The predicted octanol–water partition coefficient (Wildman–Crippen LogP) is 4.68. The van der Waals surface area contributed by atoms with Crippen molar-refractivity contribution in [2.75, 3.05) is 19.9 Å². The molecule has 0 unspecified atom stereocenters. The van der Waals surface area contributed by atoms with E-state index < -0.39 is 5.82 Å². The molecule has 1 heterocycles. The van der Waals surface area contributed by atoms with Crippen molar-refractivity contribution in [2.24, 2.45) is 0 Å². The Morgan fingerprint density at radius 1 is 1.29 bits per heavy atom. The van der Waals surface area contributed by atoms with Gasteiger partial charge in [-0.3, -0.25) is 9.36 Å². The fourth-order valence-corrected chi connectivity index (χ4v) is 4.00. The number of carbonyl (C=O) groups is 1. The Bertz CT molecular complexity index is 1050. The first-order valence-electron chi connectivity index (χ1n) is 9.42. The molecule has 0 aliphatic carbocycles. The summed E-state index contributed by atoms with van der Waals surface area (Å²) in [6.45, 7) is 4.37. The van der Waals surface area contributed by atoms with Gasteiger partial charge in [0.25, 0.3) is 0 Å². The fraction of sp³-hybridized carbons (Fsp3) is 0.227. The van der Waals surface area contributed by atoms with Crippen LogP contribution in [0.5, 0.6) is 5.75 Å². The zero-order chi connectivity index (χ0) is 22.4. The number of hydrogen-bond acceptors (Lipinski definition) is 5. The Morgan fingerprint density at radius 2 is 2.03 bits per heavy atom. The summed E-state index contributed by atoms with van der Waals surface area (Å²) in [5.74, 6) is 0.930. The van der Waals surface area contributed by atoms with E-state index in [1.165, 1.54) is 28.8 Å². The van der Waals surface area contributed by atoms with Crippen molar-refractivity contribution in [2.45, 2.75) is 18.2 Å². The summed E-state index contributed by atoms with van der Waals surface area (Å²) < 4.78 is 21.1. The van der Waals surface area contributed by atoms with E-state index in [1.807, 2.05) is 28.8 Å². The molecule has 3 rings (SSSR count). The van der Waals surface area contributed by atoms with Crippen LogP contribution in [0, 0.1) is 5.82 Å². The van der Waals surface area contributed by atoms with Gasteiger partial charge in [0, 0.05) is 36.3 Å². The highest BCUT2D eigenvalue weighted by Gasteiger charge is 2.18. The topological polar surface area (TPSA) is 60.2 Å². The number of methoxy groups -OCH3 is 1. The number of hydrogen-bond donors (Lipinski definition) is 0. The lowest BCUT2D eigenvalue weighted by Crippen LogP contribution is -2.28. The quantitative estimate of drug-likeness (QED) is 0.342. The molecule has 0 N–H and O–H groups in total. The SMILES string of the molecule is C=CCn1c(SCC(=O)N(C)Cc2c(F)cccc2Cl)nnc1-c1ccc(OC)cc1. The normalized spacial score (nSPS) is 10.7. The van der Waals surface area contributed by atoms with Crippen molar-refractivity contribution in [1.29, 1.82) is 0 Å². The first-order chi connectivity index (χ1) is 14.9. The highest BCUT2D eigenvalue weighted by atomic mass is 35.5. The maximum atomic E-state index is 14.0. The van der Waals surface area contributed by atoms with Gasteiger partial charge in [-0.15, -0.1) is 16.8 Å². The third kappa shape index (κ3) is 5.45. The Labute approximate surface area is 189 Å². The Morgan fingerprint density at radius 3 is 2.68 bits per heavy atom. The van der Waals surface area contributed by atoms with E-state index in [-0.39, 0.29) is 18.2 Å². The largest absolute Gasteiger partial charge is 0.497 e. The molecule has 1 aromatic heterocycles. The number of amides is 1. The number of halogens is 2. The first-order valence-corrected chi connectivity index (χ1v) is 10.8. The van der Waals surface area contributed by atoms with Crippen LogP contribution in [-0.4, -0.2) is 45.5 Å². The molecule has 0 aliphatic rings. The highest BCUT2D eigenvalue weighted by Crippen LogP contribution is 2.26. The summed E-state index contributed by atoms with van der Waals surface area (Å²) in [5.41, 5.74) is 1.17. The van der Waals surface area contributed by atoms with E-state index in [2.05, 4.69) is 16.8 Å². The van der Waals surface area contributed by atoms with Crippen molar-refractivity contribution in [1.82, 2.24) is 19.7 Å². The summed E-state index contributed by atoms with van der Waals surface area (Å²) in [6, 6.07) is 12.0. The monoisotopic (exact) mass is 460 g/mol. The average molecular weight is 461 g/mol. The number of rotatable bonds is 9. The summed E-state index contributed by atoms with van der Waals surface area (Å²) in [7, 11) is 3.22. The molecule has 0 bridgehead atoms. The van der Waals surface area contributed by atoms with Gasteiger partial charge in [0.2, 0.25) is 5.91 Å². The molecule has 0 saturated carbocycles. The van der Waals surface area contributed by atoms with E-state index >= 15 is 0 Å². The van der Waals surface area contributed by atoms with Crippen molar-refractivity contribution >= 4 is 29.3 Å². The fourth-order valence-electron chi connectivity index (χ4n) is 2.89. The van der Waals surface area contributed by atoms with Crippen LogP contribution in [-0.2, 0) is 17.9 Å². The second-order valence-electron chi connectivity index (χ2n) is 6.67. The molecule has 6 nitrogen and oxygen atoms in total. The molecule has 162 valence electrons. The van der Waals surface area contributed by atoms with Gasteiger partial charge >= 0.3 is 0 Å². The summed E-state index contributed by atoms with van der Waals surface area (Å²) >= 11 is 7.33. The van der Waals surface area contributed by atoms with E-state index in [9.17, 15) is 9.18 Å². The van der Waals surface area contributed by atoms with Gasteiger partial charge in [0.05, 0.1) is 12.9 Å². The van der Waals surface area contributed by atoms with Gasteiger partial charge in [-0.25, -0.2) is 4.39 Å². The lowest BCUT2D eigenvalue weighted by molar-refractivity contribution is -0.127. The maximum Gasteiger partial charge on any atom is 0.233 e. The van der Waals surface area contributed by atoms with Crippen LogP contribution in [0.1, 0.15) is 5.56 Å². The van der Waals surface area contributed by atoms with Gasteiger partial charge in [-0.2, -0.15) is 0 Å². The zero-order valence-electron chi connectivity index (χ0n) is 17.2. The maximum absolute atomic E-state index is 14.0. The first kappa shape index (κ1) is 22.8. The minimum absolute atomic E-state index is 0.0847. The molecular weight excluding hydrogens is 439 g/mol. The molecule has 2 aromatic carbocycles. The number of benzene rings is 2. The predicted molar refractivity (Wildman–Crippen MR) is 121 cm³/mol. The summed E-state index contributed by atoms with van der Waals surface area (Å²) in [4.78, 5) is 14.0. The second-order valence-corrected chi connectivity index (χ2v) is 8.02. The molecule has 0 radical (unpaired) electrons. The second kappa shape index (κ2) is 10.5. The minimum Gasteiger partial charge on any atom is -0.497 e. The van der Waals surface area contributed by atoms with E-state index in [0.717, 1.165) is 11.3 Å². The number of thioether (sulfide) groups is 1. The van der Waals surface area contributed by atoms with Crippen molar-refractivity contribution in [3.05, 3.63) is 71.5 Å². The molecule has 0 spiro atoms. The van der Waals surface area contributed by atoms with E-state index in [4.69, 9.17) is 16.3 Å². The van der Waals surface area contributed by atoms with Crippen molar-refractivity contribution < 1.29 is 13.9 Å². The van der Waals surface area contributed by atoms with Crippen LogP contribution in [0.2, 0.25) is 5.02 Å². The molecule has 0 atom stereocenters. The van der Waals surface area contributed by atoms with Crippen LogP contribution < -0.4 is 4.74 Å². The third-order valence-electron chi connectivity index (χ3n) is 4.58. The number of nitrogens with zero attached hydrogens (tertiary/aromatic N) is 4. The van der Waals surface area contributed by atoms with Gasteiger partial charge < -0.3 is 9.64 Å². The van der Waals surface area contributed by atoms with Crippen LogP contribution in [0.25, 0.3) is 11.4 Å². The number of aromatic nitrogens is 3. The van der Waals surface area contributed by atoms with Gasteiger partial charge in [-0.05, 0) is 36.4 Å². The molecule has 0 saturated heterocycles. The van der Waals surface area contributed by atoms with E-state index in [0.29, 0.717) is 28.1 Å². The van der Waals surface area contributed by atoms with E-state index in [1.54, 1.807) is 26.3 Å². The van der Waals surface area contributed by atoms with Crippen LogP contribution in [0.15, 0.2) is 60.3 Å². The summed E-state index contributed by atoms with van der Waals surface area (Å²) in [6.07, 6.45) is 1.74. The van der Waals surface area contributed by atoms with Crippen LogP contribution in [0.3, 0.4) is 0 Å². The molecule has 1 amide bonds. The van der Waals surface area contributed by atoms with Crippen LogP contribution in [0.4, 0.5) is 4.39 Å². The minimum atomic E-state index is -0.435. The Balaban J connectivity index is 1.71. The number of allylic oxidation sites excluding steroid dienone is 1. The molecular formula is C22H22ClFN4O2S. The summed E-state index contributed by atoms with van der Waals surface area (Å²) in [5, 5.41) is 9.42. The molecule has 3 aromatic rings. The lowest BCUT2D eigenvalue weighted by atomic mass is 10.2. The lowest BCUT2D eigenvalue weighted by Gasteiger charge is -2.18. The van der Waals surface area contributed by atoms with Crippen molar-refractivity contribution in [3.63, 3.8) is 0 Å².